The van der Waals surface area contributed by atoms with Gasteiger partial charge < -0.3 is 11.1 Å². The molecule has 0 aromatic heterocycles. The van der Waals surface area contributed by atoms with Crippen LogP contribution in [0.2, 0.25) is 0 Å². The zero-order valence-corrected chi connectivity index (χ0v) is 6.48. The van der Waals surface area contributed by atoms with E-state index in [0.29, 0.717) is 18.6 Å². The van der Waals surface area contributed by atoms with Crippen LogP contribution in [0.25, 0.3) is 0 Å². The second kappa shape index (κ2) is 4.04. The number of rotatable bonds is 4. The Balaban J connectivity index is 4.06. The van der Waals surface area contributed by atoms with Crippen molar-refractivity contribution in [1.82, 2.24) is 0 Å². The van der Waals surface area contributed by atoms with Gasteiger partial charge in [-0.2, -0.15) is 0 Å². The molecule has 0 radical (unpaired) electrons. The minimum absolute atomic E-state index is 0.343. The maximum absolute atomic E-state index is 10.6. The van der Waals surface area contributed by atoms with Crippen LogP contribution < -0.4 is 5.73 Å². The van der Waals surface area contributed by atoms with E-state index in [4.69, 9.17) is 11.1 Å². The van der Waals surface area contributed by atoms with Crippen LogP contribution in [0.3, 0.4) is 0 Å². The minimum atomic E-state index is -0.380. The number of nitrogens with one attached hydrogen (secondary N) is 1. The standard InChI is InChI=1S/C7H14N2O/c1-3-5(7(9)10)6(8)4-2/h5,8H,3-4H2,1-2H3,(H2,9,10). The second-order valence-electron chi connectivity index (χ2n) is 2.24. The summed E-state index contributed by atoms with van der Waals surface area (Å²) in [4.78, 5) is 10.6. The summed E-state index contributed by atoms with van der Waals surface area (Å²) in [5.41, 5.74) is 5.48. The Kier molecular flexibility index (Phi) is 3.69. The van der Waals surface area contributed by atoms with E-state index in [1.54, 1.807) is 0 Å². The molecular weight excluding hydrogens is 128 g/mol. The summed E-state index contributed by atoms with van der Waals surface area (Å²) in [6.07, 6.45) is 1.25. The lowest BCUT2D eigenvalue weighted by atomic mass is 9.98. The first kappa shape index (κ1) is 9.14. The largest absolute Gasteiger partial charge is 0.369 e. The third-order valence-corrected chi connectivity index (χ3v) is 1.55. The Labute approximate surface area is 61.1 Å². The van der Waals surface area contributed by atoms with Crippen LogP contribution in [0, 0.1) is 11.3 Å². The van der Waals surface area contributed by atoms with E-state index in [1.165, 1.54) is 0 Å². The first-order chi connectivity index (χ1) is 4.63. The van der Waals surface area contributed by atoms with Crippen LogP contribution in [-0.4, -0.2) is 11.6 Å². The monoisotopic (exact) mass is 142 g/mol. The molecule has 0 saturated heterocycles. The summed E-state index contributed by atoms with van der Waals surface area (Å²) < 4.78 is 0. The molecule has 0 aliphatic heterocycles. The van der Waals surface area contributed by atoms with Crippen molar-refractivity contribution in [3.8, 4) is 0 Å². The van der Waals surface area contributed by atoms with Crippen molar-refractivity contribution in [3.63, 3.8) is 0 Å². The number of primary amides is 1. The van der Waals surface area contributed by atoms with Crippen molar-refractivity contribution >= 4 is 11.6 Å². The lowest BCUT2D eigenvalue weighted by Gasteiger charge is -2.09. The van der Waals surface area contributed by atoms with E-state index in [1.807, 2.05) is 13.8 Å². The van der Waals surface area contributed by atoms with Crippen LogP contribution >= 0.6 is 0 Å². The van der Waals surface area contributed by atoms with Gasteiger partial charge >= 0.3 is 0 Å². The fourth-order valence-electron chi connectivity index (χ4n) is 0.866. The summed E-state index contributed by atoms with van der Waals surface area (Å²) >= 11 is 0. The molecule has 3 N–H and O–H groups in total. The fourth-order valence-corrected chi connectivity index (χ4v) is 0.866. The van der Waals surface area contributed by atoms with Gasteiger partial charge in [-0.3, -0.25) is 4.79 Å². The van der Waals surface area contributed by atoms with Gasteiger partial charge in [0.15, 0.2) is 0 Å². The Morgan fingerprint density at radius 3 is 2.20 bits per heavy atom. The van der Waals surface area contributed by atoms with Crippen LogP contribution in [0.15, 0.2) is 0 Å². The van der Waals surface area contributed by atoms with E-state index < -0.39 is 0 Å². The van der Waals surface area contributed by atoms with Crippen molar-refractivity contribution < 1.29 is 4.79 Å². The zero-order valence-electron chi connectivity index (χ0n) is 6.48. The lowest BCUT2D eigenvalue weighted by Crippen LogP contribution is -2.28. The van der Waals surface area contributed by atoms with Crippen LogP contribution in [0.5, 0.6) is 0 Å². The number of hydrogen-bond acceptors (Lipinski definition) is 2. The van der Waals surface area contributed by atoms with Gasteiger partial charge in [-0.15, -0.1) is 0 Å². The van der Waals surface area contributed by atoms with Crippen molar-refractivity contribution in [1.29, 1.82) is 5.41 Å². The van der Waals surface area contributed by atoms with Gasteiger partial charge in [-0.25, -0.2) is 0 Å². The van der Waals surface area contributed by atoms with Gasteiger partial charge in [-0.1, -0.05) is 13.8 Å². The summed E-state index contributed by atoms with van der Waals surface area (Å²) in [6.45, 7) is 3.72. The van der Waals surface area contributed by atoms with Crippen molar-refractivity contribution in [2.24, 2.45) is 11.7 Å². The Bertz CT molecular complexity index is 143. The first-order valence-corrected chi connectivity index (χ1v) is 3.50. The zero-order chi connectivity index (χ0) is 8.15. The third-order valence-electron chi connectivity index (χ3n) is 1.55. The van der Waals surface area contributed by atoms with Crippen LogP contribution in [0.1, 0.15) is 26.7 Å². The number of carbonyl (C=O) groups is 1. The molecule has 0 fully saturated rings. The molecule has 1 atom stereocenters. The van der Waals surface area contributed by atoms with Crippen molar-refractivity contribution in [2.75, 3.05) is 0 Å². The quantitative estimate of drug-likeness (QED) is 0.563. The molecule has 0 bridgehead atoms. The molecule has 0 rings (SSSR count). The van der Waals surface area contributed by atoms with Crippen molar-refractivity contribution in [2.45, 2.75) is 26.7 Å². The van der Waals surface area contributed by atoms with Gasteiger partial charge in [0, 0.05) is 5.71 Å². The summed E-state index contributed by atoms with van der Waals surface area (Å²) in [7, 11) is 0. The highest BCUT2D eigenvalue weighted by Crippen LogP contribution is 2.05. The van der Waals surface area contributed by atoms with E-state index in [0.717, 1.165) is 0 Å². The smallest absolute Gasteiger partial charge is 0.226 e. The topological polar surface area (TPSA) is 66.9 Å². The third kappa shape index (κ3) is 2.17. The molecule has 0 saturated carbocycles. The Hall–Kier alpha value is -0.860. The highest BCUT2D eigenvalue weighted by molar-refractivity contribution is 6.01. The van der Waals surface area contributed by atoms with Crippen molar-refractivity contribution in [3.05, 3.63) is 0 Å². The molecule has 0 aliphatic rings. The van der Waals surface area contributed by atoms with Gasteiger partial charge in [0.05, 0.1) is 5.92 Å². The molecule has 0 aromatic carbocycles. The molecule has 0 spiro atoms. The number of nitrogens with two attached hydrogens (primary N) is 1. The maximum atomic E-state index is 10.6. The Morgan fingerprint density at radius 2 is 2.10 bits per heavy atom. The molecular formula is C7H14N2O. The van der Waals surface area contributed by atoms with Crippen LogP contribution in [0.4, 0.5) is 0 Å². The highest BCUT2D eigenvalue weighted by Gasteiger charge is 2.16. The molecule has 0 aromatic rings. The van der Waals surface area contributed by atoms with Gasteiger partial charge in [0.25, 0.3) is 0 Å². The number of hydrogen-bond donors (Lipinski definition) is 2. The van der Waals surface area contributed by atoms with E-state index in [9.17, 15) is 4.79 Å². The molecule has 10 heavy (non-hydrogen) atoms. The van der Waals surface area contributed by atoms with Crippen LogP contribution in [-0.2, 0) is 4.79 Å². The first-order valence-electron chi connectivity index (χ1n) is 3.50. The van der Waals surface area contributed by atoms with E-state index in [2.05, 4.69) is 0 Å². The average Bonchev–Trinajstić information content (AvgIpc) is 1.88. The van der Waals surface area contributed by atoms with E-state index >= 15 is 0 Å². The Morgan fingerprint density at radius 1 is 1.60 bits per heavy atom. The molecule has 3 nitrogen and oxygen atoms in total. The van der Waals surface area contributed by atoms with Gasteiger partial charge in [-0.05, 0) is 12.8 Å². The normalized spacial score (nSPS) is 12.6. The van der Waals surface area contributed by atoms with Gasteiger partial charge in [0.1, 0.15) is 0 Å². The van der Waals surface area contributed by atoms with E-state index in [-0.39, 0.29) is 11.8 Å². The highest BCUT2D eigenvalue weighted by atomic mass is 16.1. The second-order valence-corrected chi connectivity index (χ2v) is 2.24. The molecule has 1 unspecified atom stereocenters. The molecule has 3 heteroatoms. The van der Waals surface area contributed by atoms with Gasteiger partial charge in [0.2, 0.25) is 5.91 Å². The molecule has 1 amide bonds. The lowest BCUT2D eigenvalue weighted by molar-refractivity contribution is -0.119. The minimum Gasteiger partial charge on any atom is -0.369 e. The summed E-state index contributed by atoms with van der Waals surface area (Å²) in [6, 6.07) is 0. The molecule has 0 aliphatic carbocycles. The number of amides is 1. The summed E-state index contributed by atoms with van der Waals surface area (Å²) in [5, 5.41) is 7.32. The molecule has 58 valence electrons. The predicted molar refractivity (Wildman–Crippen MR) is 41.0 cm³/mol. The summed E-state index contributed by atoms with van der Waals surface area (Å²) in [5.74, 6) is -0.723. The fraction of sp³-hybridized carbons (Fsp3) is 0.714. The maximum Gasteiger partial charge on any atom is 0.226 e. The molecule has 0 heterocycles. The predicted octanol–water partition coefficient (Wildman–Crippen LogP) is 0.928. The average molecular weight is 142 g/mol. The SMILES string of the molecule is CCC(=N)C(CC)C(N)=O. The number of carbonyl (C=O) groups excluding carboxylic acids is 1.